The summed E-state index contributed by atoms with van der Waals surface area (Å²) in [5.41, 5.74) is 0. The van der Waals surface area contributed by atoms with E-state index in [-0.39, 0.29) is 27.8 Å². The fourth-order valence-electron chi connectivity index (χ4n) is 0.272. The summed E-state index contributed by atoms with van der Waals surface area (Å²) < 4.78 is 8.12. The van der Waals surface area contributed by atoms with E-state index in [0.717, 1.165) is 0 Å². The Hall–Kier alpha value is -0.506. The molecule has 0 aromatic carbocycles. The predicted molar refractivity (Wildman–Crippen MR) is 86.0 cm³/mol. The van der Waals surface area contributed by atoms with E-state index in [4.69, 9.17) is 20.4 Å². The normalized spacial score (nSPS) is 11.1. The Balaban J connectivity index is -0.0000000675. The molecule has 0 heterocycles. The number of carbonyl (C=O) groups excluding carboxylic acids is 2. The van der Waals surface area contributed by atoms with Crippen LogP contribution in [0, 0.1) is 19.8 Å². The molecule has 144 valence electrons. The van der Waals surface area contributed by atoms with Crippen LogP contribution in [-0.2, 0) is 40.8 Å². The van der Waals surface area contributed by atoms with Crippen molar-refractivity contribution in [3.63, 3.8) is 0 Å². The molecule has 0 amide bonds. The number of aliphatic hydroxyl groups excluding tert-OH is 4. The number of aliphatic hydroxyl groups is 4. The van der Waals surface area contributed by atoms with E-state index in [2.05, 4.69) is 23.3 Å². The maximum absolute atomic E-state index is 9.98. The monoisotopic (exact) mass is 388 g/mol. The Morgan fingerprint density at radius 3 is 1.04 bits per heavy atom. The first-order valence-corrected chi connectivity index (χ1v) is 6.84. The van der Waals surface area contributed by atoms with Gasteiger partial charge in [-0.1, -0.05) is 13.8 Å². The molecule has 0 aliphatic rings. The average molecular weight is 388 g/mol. The van der Waals surface area contributed by atoms with Crippen molar-refractivity contribution in [3.05, 3.63) is 13.8 Å². The van der Waals surface area contributed by atoms with Gasteiger partial charge in [-0.15, -0.1) is 0 Å². The molecule has 0 aliphatic heterocycles. The van der Waals surface area contributed by atoms with E-state index in [1.807, 2.05) is 13.8 Å². The molecule has 0 saturated carbocycles. The Labute approximate surface area is 160 Å². The average Bonchev–Trinajstić information content (AvgIpc) is 2.45. The molecule has 24 heavy (non-hydrogen) atoms. The third kappa shape index (κ3) is 49.6. The molecular formula is C15H32O8Ti. The smallest absolute Gasteiger partial charge is 0.469 e. The van der Waals surface area contributed by atoms with E-state index >= 15 is 0 Å². The fraction of sp³-hybridized carbons (Fsp3) is 0.733. The quantitative estimate of drug-likeness (QED) is 0.295. The summed E-state index contributed by atoms with van der Waals surface area (Å²) in [6, 6.07) is 0. The second-order valence-corrected chi connectivity index (χ2v) is 4.75. The molecule has 0 spiro atoms. The molecule has 0 fully saturated rings. The van der Waals surface area contributed by atoms with Crippen molar-refractivity contribution in [3.8, 4) is 0 Å². The molecule has 2 atom stereocenters. The van der Waals surface area contributed by atoms with Gasteiger partial charge >= 0.3 is 33.7 Å². The van der Waals surface area contributed by atoms with Crippen LogP contribution in [0.4, 0.5) is 0 Å². The Morgan fingerprint density at radius 1 is 0.875 bits per heavy atom. The fourth-order valence-corrected chi connectivity index (χ4v) is 0.272. The topological polar surface area (TPSA) is 134 Å². The number of rotatable bonds is 3. The number of methoxy groups -OCH3 is 2. The molecule has 4 N–H and O–H groups in total. The maximum atomic E-state index is 9.98. The number of hydrogen-bond acceptors (Lipinski definition) is 8. The first-order chi connectivity index (χ1) is 10.4. The molecular weight excluding hydrogens is 356 g/mol. The Bertz CT molecular complexity index is 245. The SMILES string of the molecule is CC(C)CO.CC(C)O.[CH2-]C(O)C(=O)OC.[CH2-]C(O)C(=O)OC.[Ti+2]. The van der Waals surface area contributed by atoms with Gasteiger partial charge in [0.05, 0.1) is 14.2 Å². The molecule has 0 aliphatic carbocycles. The number of carbonyl (C=O) groups is 2. The van der Waals surface area contributed by atoms with Gasteiger partial charge < -0.3 is 43.7 Å². The van der Waals surface area contributed by atoms with E-state index in [1.54, 1.807) is 13.8 Å². The van der Waals surface area contributed by atoms with Crippen LogP contribution in [0.25, 0.3) is 0 Å². The van der Waals surface area contributed by atoms with Gasteiger partial charge in [0.1, 0.15) is 0 Å². The summed E-state index contributed by atoms with van der Waals surface area (Å²) in [7, 11) is 2.38. The van der Waals surface area contributed by atoms with Gasteiger partial charge in [0.2, 0.25) is 0 Å². The van der Waals surface area contributed by atoms with Crippen LogP contribution in [0.2, 0.25) is 0 Å². The van der Waals surface area contributed by atoms with Gasteiger partial charge in [-0.25, -0.2) is 0 Å². The van der Waals surface area contributed by atoms with Crippen LogP contribution >= 0.6 is 0 Å². The van der Waals surface area contributed by atoms with E-state index in [0.29, 0.717) is 12.5 Å². The van der Waals surface area contributed by atoms with Crippen molar-refractivity contribution in [2.24, 2.45) is 5.92 Å². The van der Waals surface area contributed by atoms with Gasteiger partial charge in [0, 0.05) is 24.9 Å². The van der Waals surface area contributed by atoms with Crippen LogP contribution in [0.5, 0.6) is 0 Å². The molecule has 0 radical (unpaired) electrons. The molecule has 0 rings (SSSR count). The summed E-state index contributed by atoms with van der Waals surface area (Å²) in [6.45, 7) is 13.7. The van der Waals surface area contributed by atoms with Gasteiger partial charge in [0.25, 0.3) is 0 Å². The summed E-state index contributed by atoms with van der Waals surface area (Å²) in [5.74, 6) is -0.977. The van der Waals surface area contributed by atoms with Crippen molar-refractivity contribution in [1.82, 2.24) is 0 Å². The first kappa shape index (κ1) is 34.8. The zero-order chi connectivity index (χ0) is 19.6. The van der Waals surface area contributed by atoms with Crippen LogP contribution in [-0.4, -0.2) is 71.5 Å². The summed E-state index contributed by atoms with van der Waals surface area (Å²) in [4.78, 5) is 20.0. The molecule has 0 saturated heterocycles. The third-order valence-corrected chi connectivity index (χ3v) is 1.31. The number of esters is 2. The van der Waals surface area contributed by atoms with Crippen molar-refractivity contribution in [1.29, 1.82) is 0 Å². The standard InChI is InChI=1S/2C4H7O3.C4H10O.C3H8O.Ti/c2*1-3(5)4(6)7-2;1-4(2)3-5;1-3(2)4;/h2*3,5H,1H2,2H3;4-5H,3H2,1-2H3;3-4H,1-2H3;/q2*-1;;;+2. The van der Waals surface area contributed by atoms with Crippen molar-refractivity contribution >= 4 is 11.9 Å². The van der Waals surface area contributed by atoms with Gasteiger partial charge in [0.15, 0.2) is 0 Å². The third-order valence-electron chi connectivity index (χ3n) is 1.31. The number of ether oxygens (including phenoxy) is 2. The van der Waals surface area contributed by atoms with Crippen LogP contribution in [0.1, 0.15) is 27.7 Å². The summed E-state index contributed by atoms with van der Waals surface area (Å²) in [6.07, 6.45) is -2.66. The second kappa shape index (κ2) is 24.7. The number of hydrogen-bond donors (Lipinski definition) is 4. The van der Waals surface area contributed by atoms with Crippen LogP contribution in [0.15, 0.2) is 0 Å². The largest absolute Gasteiger partial charge is 2.00 e. The minimum Gasteiger partial charge on any atom is -0.469 e. The van der Waals surface area contributed by atoms with Crippen molar-refractivity contribution < 1.29 is 61.2 Å². The maximum Gasteiger partial charge on any atom is 2.00 e. The van der Waals surface area contributed by atoms with Crippen molar-refractivity contribution in [2.45, 2.75) is 46.0 Å². The molecule has 0 aromatic rings. The van der Waals surface area contributed by atoms with E-state index < -0.39 is 24.1 Å². The van der Waals surface area contributed by atoms with Gasteiger partial charge in [-0.3, -0.25) is 9.59 Å². The van der Waals surface area contributed by atoms with E-state index in [9.17, 15) is 9.59 Å². The molecule has 0 bridgehead atoms. The molecule has 8 nitrogen and oxygen atoms in total. The summed E-state index contributed by atoms with van der Waals surface area (Å²) in [5, 5.41) is 32.7. The molecule has 0 aromatic heterocycles. The molecule has 2 unspecified atom stereocenters. The molecule has 9 heteroatoms. The minimum atomic E-state index is -1.25. The predicted octanol–water partition coefficient (Wildman–Crippen LogP) is -0.272. The van der Waals surface area contributed by atoms with Crippen molar-refractivity contribution in [2.75, 3.05) is 20.8 Å². The second-order valence-electron chi connectivity index (χ2n) is 4.75. The Kier molecular flexibility index (Phi) is 35.8. The van der Waals surface area contributed by atoms with Gasteiger partial charge in [-0.05, 0) is 19.8 Å². The van der Waals surface area contributed by atoms with Crippen LogP contribution < -0.4 is 0 Å². The summed E-state index contributed by atoms with van der Waals surface area (Å²) >= 11 is 0. The van der Waals surface area contributed by atoms with Crippen LogP contribution in [0.3, 0.4) is 0 Å². The van der Waals surface area contributed by atoms with Gasteiger partial charge in [-0.2, -0.15) is 0 Å². The van der Waals surface area contributed by atoms with E-state index in [1.165, 1.54) is 14.2 Å². The zero-order valence-electron chi connectivity index (χ0n) is 15.4. The Morgan fingerprint density at radius 2 is 1.04 bits per heavy atom. The first-order valence-electron chi connectivity index (χ1n) is 6.84. The zero-order valence-corrected chi connectivity index (χ0v) is 16.9. The minimum absolute atomic E-state index is 0.